The van der Waals surface area contributed by atoms with Crippen LogP contribution in [0.2, 0.25) is 0 Å². The van der Waals surface area contributed by atoms with Crippen LogP contribution in [0.25, 0.3) is 0 Å². The molecule has 2 heterocycles. The number of rotatable bonds is 3. The number of hydrogen-bond acceptors (Lipinski definition) is 3. The van der Waals surface area contributed by atoms with Crippen molar-refractivity contribution in [1.29, 1.82) is 0 Å². The first-order chi connectivity index (χ1) is 8.28. The van der Waals surface area contributed by atoms with Gasteiger partial charge in [0, 0.05) is 24.7 Å². The van der Waals surface area contributed by atoms with Crippen molar-refractivity contribution in [2.24, 2.45) is 0 Å². The first-order valence-electron chi connectivity index (χ1n) is 5.86. The zero-order valence-corrected chi connectivity index (χ0v) is 9.43. The Kier molecular flexibility index (Phi) is 2.44. The summed E-state index contributed by atoms with van der Waals surface area (Å²) >= 11 is 0. The fourth-order valence-corrected chi connectivity index (χ4v) is 2.69. The lowest BCUT2D eigenvalue weighted by atomic mass is 10.1. The van der Waals surface area contributed by atoms with Crippen LogP contribution < -0.4 is 5.32 Å². The van der Waals surface area contributed by atoms with E-state index in [9.17, 15) is 9.59 Å². The van der Waals surface area contributed by atoms with Gasteiger partial charge in [-0.05, 0) is 18.1 Å². The highest BCUT2D eigenvalue weighted by atomic mass is 16.2. The molecule has 2 unspecified atom stereocenters. The van der Waals surface area contributed by atoms with E-state index in [0.29, 0.717) is 18.2 Å². The Morgan fingerprint density at radius 2 is 2.35 bits per heavy atom. The summed E-state index contributed by atoms with van der Waals surface area (Å²) in [5, 5.41) is 3.20. The zero-order chi connectivity index (χ0) is 11.8. The van der Waals surface area contributed by atoms with Gasteiger partial charge in [0.25, 0.3) is 0 Å². The fourth-order valence-electron chi connectivity index (χ4n) is 2.69. The molecule has 4 nitrogen and oxygen atoms in total. The quantitative estimate of drug-likeness (QED) is 0.772. The van der Waals surface area contributed by atoms with E-state index >= 15 is 0 Å². The molecule has 0 aliphatic carbocycles. The van der Waals surface area contributed by atoms with Gasteiger partial charge in [0.15, 0.2) is 0 Å². The van der Waals surface area contributed by atoms with E-state index < -0.39 is 0 Å². The third-order valence-corrected chi connectivity index (χ3v) is 3.57. The Morgan fingerprint density at radius 3 is 3.06 bits per heavy atom. The van der Waals surface area contributed by atoms with E-state index in [-0.39, 0.29) is 11.9 Å². The van der Waals surface area contributed by atoms with Crippen molar-refractivity contribution in [3.63, 3.8) is 0 Å². The van der Waals surface area contributed by atoms with Gasteiger partial charge >= 0.3 is 0 Å². The number of piperazine rings is 1. The van der Waals surface area contributed by atoms with Crippen LogP contribution in [0.1, 0.15) is 22.3 Å². The van der Waals surface area contributed by atoms with Crippen molar-refractivity contribution in [1.82, 2.24) is 10.2 Å². The number of carbonyl (C=O) groups excluding carboxylic acids is 2. The average Bonchev–Trinajstić information content (AvgIpc) is 2.93. The molecule has 0 saturated carbocycles. The minimum Gasteiger partial charge on any atom is -0.333 e. The van der Waals surface area contributed by atoms with Gasteiger partial charge in [0.1, 0.15) is 6.29 Å². The third kappa shape index (κ3) is 1.74. The highest BCUT2D eigenvalue weighted by Crippen LogP contribution is 2.26. The van der Waals surface area contributed by atoms with Crippen LogP contribution in [0, 0.1) is 0 Å². The van der Waals surface area contributed by atoms with E-state index in [2.05, 4.69) is 5.32 Å². The third-order valence-electron chi connectivity index (χ3n) is 3.57. The normalized spacial score (nSPS) is 26.6. The van der Waals surface area contributed by atoms with E-state index in [4.69, 9.17) is 0 Å². The number of fused-ring (bicyclic) bond motifs is 2. The Hall–Kier alpha value is -1.68. The fraction of sp³-hybridized carbons (Fsp3) is 0.385. The second kappa shape index (κ2) is 3.96. The van der Waals surface area contributed by atoms with E-state index in [1.807, 2.05) is 23.1 Å². The summed E-state index contributed by atoms with van der Waals surface area (Å²) in [6.45, 7) is 1.51. The molecule has 2 aliphatic rings. The smallest absolute Gasteiger partial charge is 0.240 e. The number of nitrogens with one attached hydrogen (secondary N) is 1. The molecule has 1 aromatic rings. The molecule has 2 aliphatic heterocycles. The molecular formula is C13H14N2O2. The first kappa shape index (κ1) is 10.5. The predicted molar refractivity (Wildman–Crippen MR) is 62.6 cm³/mol. The molecule has 1 amide bonds. The van der Waals surface area contributed by atoms with Crippen LogP contribution in [0.15, 0.2) is 24.3 Å². The maximum Gasteiger partial charge on any atom is 0.240 e. The molecule has 17 heavy (non-hydrogen) atoms. The van der Waals surface area contributed by atoms with Gasteiger partial charge in [0.05, 0.1) is 6.04 Å². The second-order valence-electron chi connectivity index (χ2n) is 4.68. The molecule has 1 N–H and O–H groups in total. The molecule has 4 heteroatoms. The standard InChI is InChI=1S/C13H14N2O2/c16-8-10-3-1-2-9(4-10)7-15-11-5-12(13(15)17)14-6-11/h1-4,8,11-12,14H,5-7H2. The molecule has 2 atom stereocenters. The number of hydrogen-bond donors (Lipinski definition) is 1. The van der Waals surface area contributed by atoms with Crippen LogP contribution in [0.5, 0.6) is 0 Å². The lowest BCUT2D eigenvalue weighted by Gasteiger charge is -2.27. The van der Waals surface area contributed by atoms with Crippen molar-refractivity contribution < 1.29 is 9.59 Å². The molecule has 0 radical (unpaired) electrons. The van der Waals surface area contributed by atoms with Crippen molar-refractivity contribution in [2.75, 3.05) is 6.54 Å². The van der Waals surface area contributed by atoms with Gasteiger partial charge in [-0.25, -0.2) is 0 Å². The van der Waals surface area contributed by atoms with Crippen LogP contribution in [0.4, 0.5) is 0 Å². The zero-order valence-electron chi connectivity index (χ0n) is 9.43. The number of benzene rings is 1. The van der Waals surface area contributed by atoms with E-state index in [1.54, 1.807) is 6.07 Å². The summed E-state index contributed by atoms with van der Waals surface area (Å²) in [5.74, 6) is 0.192. The van der Waals surface area contributed by atoms with Crippen molar-refractivity contribution in [2.45, 2.75) is 25.0 Å². The Labute approximate surface area is 99.6 Å². The number of aldehydes is 1. The van der Waals surface area contributed by atoms with Gasteiger partial charge in [-0.3, -0.25) is 9.59 Å². The van der Waals surface area contributed by atoms with Crippen molar-refractivity contribution in [3.05, 3.63) is 35.4 Å². The van der Waals surface area contributed by atoms with Crippen LogP contribution in [-0.2, 0) is 11.3 Å². The summed E-state index contributed by atoms with van der Waals surface area (Å²) in [7, 11) is 0. The molecule has 88 valence electrons. The van der Waals surface area contributed by atoms with Gasteiger partial charge in [0.2, 0.25) is 5.91 Å². The summed E-state index contributed by atoms with van der Waals surface area (Å²) in [5.41, 5.74) is 1.69. The first-order valence-corrected chi connectivity index (χ1v) is 5.86. The molecule has 0 aromatic heterocycles. The minimum absolute atomic E-state index is 0.0225. The molecule has 0 spiro atoms. The summed E-state index contributed by atoms with van der Waals surface area (Å²) in [4.78, 5) is 24.5. The van der Waals surface area contributed by atoms with Crippen LogP contribution >= 0.6 is 0 Å². The van der Waals surface area contributed by atoms with E-state index in [0.717, 1.165) is 24.8 Å². The maximum atomic E-state index is 11.9. The molecule has 2 fully saturated rings. The highest BCUT2D eigenvalue weighted by Gasteiger charge is 2.44. The number of nitrogens with zero attached hydrogens (tertiary/aromatic N) is 1. The Bertz CT molecular complexity index is 472. The summed E-state index contributed by atoms with van der Waals surface area (Å²) < 4.78 is 0. The van der Waals surface area contributed by atoms with Crippen molar-refractivity contribution >= 4 is 12.2 Å². The molecule has 3 rings (SSSR count). The minimum atomic E-state index is 0.0225. The highest BCUT2D eigenvalue weighted by molar-refractivity contribution is 5.85. The van der Waals surface area contributed by atoms with Crippen LogP contribution in [0.3, 0.4) is 0 Å². The monoisotopic (exact) mass is 230 g/mol. The lowest BCUT2D eigenvalue weighted by molar-refractivity contribution is -0.132. The summed E-state index contributed by atoms with van der Waals surface area (Å²) in [6, 6.07) is 7.78. The van der Waals surface area contributed by atoms with Crippen molar-refractivity contribution in [3.8, 4) is 0 Å². The second-order valence-corrected chi connectivity index (χ2v) is 4.68. The Morgan fingerprint density at radius 1 is 1.47 bits per heavy atom. The number of likely N-dealkylation sites (tertiary alicyclic amines) is 1. The number of carbonyl (C=O) groups is 2. The maximum absolute atomic E-state index is 11.9. The SMILES string of the molecule is O=Cc1cccc(CN2C(=O)C3CC2CN3)c1. The molecular weight excluding hydrogens is 216 g/mol. The molecule has 1 aromatic carbocycles. The van der Waals surface area contributed by atoms with Crippen LogP contribution in [-0.4, -0.2) is 35.7 Å². The summed E-state index contributed by atoms with van der Waals surface area (Å²) in [6.07, 6.45) is 1.76. The largest absolute Gasteiger partial charge is 0.333 e. The van der Waals surface area contributed by atoms with Gasteiger partial charge in [-0.15, -0.1) is 0 Å². The van der Waals surface area contributed by atoms with Gasteiger partial charge < -0.3 is 10.2 Å². The van der Waals surface area contributed by atoms with E-state index in [1.165, 1.54) is 0 Å². The van der Waals surface area contributed by atoms with Gasteiger partial charge in [-0.1, -0.05) is 18.2 Å². The Balaban J connectivity index is 1.78. The average molecular weight is 230 g/mol. The molecule has 2 bridgehead atoms. The molecule has 2 saturated heterocycles. The predicted octanol–water partition coefficient (Wildman–Crippen LogP) is 0.572. The number of amides is 1. The van der Waals surface area contributed by atoms with Gasteiger partial charge in [-0.2, -0.15) is 0 Å². The lowest BCUT2D eigenvalue weighted by Crippen LogP contribution is -2.47. The topological polar surface area (TPSA) is 49.4 Å².